The van der Waals surface area contributed by atoms with Gasteiger partial charge >= 0.3 is 12.1 Å². The number of halogens is 5. The van der Waals surface area contributed by atoms with Gasteiger partial charge in [0.2, 0.25) is 0 Å². The van der Waals surface area contributed by atoms with Crippen molar-refractivity contribution in [2.24, 2.45) is 0 Å². The van der Waals surface area contributed by atoms with E-state index < -0.39 is 41.0 Å². The molecule has 1 saturated heterocycles. The van der Waals surface area contributed by atoms with E-state index in [2.05, 4.69) is 0 Å². The number of aromatic carboxylic acids is 1. The normalized spacial score (nSPS) is 16.6. The molecular formula is C20H16ClF4NO4. The molecule has 1 fully saturated rings. The number of carbonyl (C=O) groups excluding carboxylic acids is 1. The molecule has 5 nitrogen and oxygen atoms in total. The largest absolute Gasteiger partial charge is 0.490 e. The number of carbonyl (C=O) groups is 2. The summed E-state index contributed by atoms with van der Waals surface area (Å²) >= 11 is 5.95. The smallest absolute Gasteiger partial charge is 0.416 e. The predicted octanol–water partition coefficient (Wildman–Crippen LogP) is 4.88. The van der Waals surface area contributed by atoms with Gasteiger partial charge in [0, 0.05) is 18.2 Å². The molecule has 2 aromatic rings. The SMILES string of the molecule is O=C(O)c1cc(Cl)c(OC[C@H]2CCCN2C(=O)c2ccc(C(F)(F)F)cc2)cc1F. The number of hydrogen-bond donors (Lipinski definition) is 1. The zero-order chi connectivity index (χ0) is 22.1. The van der Waals surface area contributed by atoms with Gasteiger partial charge in [0.15, 0.2) is 0 Å². The lowest BCUT2D eigenvalue weighted by Crippen LogP contribution is -2.39. The lowest BCUT2D eigenvalue weighted by Gasteiger charge is -2.25. The summed E-state index contributed by atoms with van der Waals surface area (Å²) in [5.74, 6) is -2.97. The van der Waals surface area contributed by atoms with E-state index in [0.717, 1.165) is 36.4 Å². The summed E-state index contributed by atoms with van der Waals surface area (Å²) in [5.41, 5.74) is -1.32. The van der Waals surface area contributed by atoms with Gasteiger partial charge in [0.05, 0.1) is 22.2 Å². The fourth-order valence-corrected chi connectivity index (χ4v) is 3.45. The van der Waals surface area contributed by atoms with Crippen LogP contribution in [0, 0.1) is 5.82 Å². The molecule has 3 rings (SSSR count). The topological polar surface area (TPSA) is 66.8 Å². The number of amides is 1. The van der Waals surface area contributed by atoms with Crippen LogP contribution in [0.15, 0.2) is 36.4 Å². The van der Waals surface area contributed by atoms with Crippen LogP contribution in [0.25, 0.3) is 0 Å². The Labute approximate surface area is 173 Å². The number of nitrogens with zero attached hydrogens (tertiary/aromatic N) is 1. The summed E-state index contributed by atoms with van der Waals surface area (Å²) in [5, 5.41) is 8.81. The molecule has 1 heterocycles. The molecule has 1 aliphatic heterocycles. The molecule has 0 unspecified atom stereocenters. The van der Waals surface area contributed by atoms with Crippen LogP contribution in [0.1, 0.15) is 39.1 Å². The first-order chi connectivity index (χ1) is 14.1. The van der Waals surface area contributed by atoms with Crippen molar-refractivity contribution in [1.82, 2.24) is 4.90 Å². The number of rotatable bonds is 5. The Bertz CT molecular complexity index is 963. The van der Waals surface area contributed by atoms with Crippen molar-refractivity contribution < 1.29 is 37.0 Å². The summed E-state index contributed by atoms with van der Waals surface area (Å²) in [4.78, 5) is 25.1. The Hall–Kier alpha value is -2.81. The number of alkyl halides is 3. The molecule has 1 aliphatic rings. The van der Waals surface area contributed by atoms with Gasteiger partial charge in [0.25, 0.3) is 5.91 Å². The predicted molar refractivity (Wildman–Crippen MR) is 99.4 cm³/mol. The van der Waals surface area contributed by atoms with E-state index in [4.69, 9.17) is 21.4 Å². The van der Waals surface area contributed by atoms with Crippen LogP contribution in [0.3, 0.4) is 0 Å². The van der Waals surface area contributed by atoms with Crippen LogP contribution in [0.2, 0.25) is 5.02 Å². The monoisotopic (exact) mass is 445 g/mol. The minimum atomic E-state index is -4.49. The first-order valence-electron chi connectivity index (χ1n) is 8.91. The van der Waals surface area contributed by atoms with Gasteiger partial charge in [-0.1, -0.05) is 11.6 Å². The summed E-state index contributed by atoms with van der Waals surface area (Å²) in [7, 11) is 0. The van der Waals surface area contributed by atoms with E-state index in [-0.39, 0.29) is 22.9 Å². The molecule has 0 saturated carbocycles. The van der Waals surface area contributed by atoms with Crippen LogP contribution in [0.5, 0.6) is 5.75 Å². The number of carboxylic acids is 1. The standard InChI is InChI=1S/C20H16ClF4NO4/c21-15-8-14(19(28)29)16(22)9-17(15)30-10-13-2-1-7-26(13)18(27)11-3-5-12(6-4-11)20(23,24)25/h3-6,8-9,13H,1-2,7,10H2,(H,28,29)/t13-/m1/s1. The second-order valence-corrected chi connectivity index (χ2v) is 7.16. The quantitative estimate of drug-likeness (QED) is 0.666. The minimum absolute atomic E-state index is 0.0298. The van der Waals surface area contributed by atoms with E-state index >= 15 is 0 Å². The Morgan fingerprint density at radius 1 is 1.20 bits per heavy atom. The summed E-state index contributed by atoms with van der Waals surface area (Å²) in [6.07, 6.45) is -3.24. The van der Waals surface area contributed by atoms with Crippen molar-refractivity contribution >= 4 is 23.5 Å². The lowest BCUT2D eigenvalue weighted by atomic mass is 10.1. The zero-order valence-electron chi connectivity index (χ0n) is 15.4. The van der Waals surface area contributed by atoms with Crippen molar-refractivity contribution in [2.45, 2.75) is 25.1 Å². The fourth-order valence-electron chi connectivity index (χ4n) is 3.23. The molecule has 0 spiro atoms. The molecule has 1 atom stereocenters. The molecule has 2 aromatic carbocycles. The first kappa shape index (κ1) is 21.9. The van der Waals surface area contributed by atoms with Crippen molar-refractivity contribution in [3.05, 3.63) is 63.9 Å². The Morgan fingerprint density at radius 3 is 2.47 bits per heavy atom. The third kappa shape index (κ3) is 4.67. The highest BCUT2D eigenvalue weighted by atomic mass is 35.5. The molecule has 1 N–H and O–H groups in total. The van der Waals surface area contributed by atoms with Gasteiger partial charge in [-0.15, -0.1) is 0 Å². The van der Waals surface area contributed by atoms with Crippen LogP contribution < -0.4 is 4.74 Å². The maximum atomic E-state index is 13.9. The van der Waals surface area contributed by atoms with Crippen molar-refractivity contribution in [2.75, 3.05) is 13.2 Å². The van der Waals surface area contributed by atoms with Gasteiger partial charge < -0.3 is 14.7 Å². The number of ether oxygens (including phenoxy) is 1. The van der Waals surface area contributed by atoms with Crippen LogP contribution in [0.4, 0.5) is 17.6 Å². The van der Waals surface area contributed by atoms with Gasteiger partial charge in [0.1, 0.15) is 18.2 Å². The highest BCUT2D eigenvalue weighted by Crippen LogP contribution is 2.31. The molecule has 0 aromatic heterocycles. The maximum absolute atomic E-state index is 13.9. The van der Waals surface area contributed by atoms with Gasteiger partial charge in [-0.25, -0.2) is 9.18 Å². The number of likely N-dealkylation sites (tertiary alicyclic amines) is 1. The molecule has 160 valence electrons. The van der Waals surface area contributed by atoms with Crippen LogP contribution in [-0.2, 0) is 6.18 Å². The number of carboxylic acid groups (broad SMARTS) is 1. The Balaban J connectivity index is 1.70. The van der Waals surface area contributed by atoms with E-state index in [1.165, 1.54) is 4.90 Å². The molecule has 1 amide bonds. The fraction of sp³-hybridized carbons (Fsp3) is 0.300. The van der Waals surface area contributed by atoms with Crippen LogP contribution in [-0.4, -0.2) is 41.1 Å². The molecule has 0 radical (unpaired) electrons. The highest BCUT2D eigenvalue weighted by Gasteiger charge is 2.33. The number of benzene rings is 2. The molecule has 30 heavy (non-hydrogen) atoms. The molecular weight excluding hydrogens is 430 g/mol. The molecule has 0 aliphatic carbocycles. The Kier molecular flexibility index (Phi) is 6.21. The summed E-state index contributed by atoms with van der Waals surface area (Å²) < 4.78 is 57.4. The minimum Gasteiger partial charge on any atom is -0.490 e. The molecule has 0 bridgehead atoms. The van der Waals surface area contributed by atoms with E-state index in [1.54, 1.807) is 0 Å². The van der Waals surface area contributed by atoms with E-state index in [0.29, 0.717) is 19.4 Å². The van der Waals surface area contributed by atoms with Crippen molar-refractivity contribution in [3.63, 3.8) is 0 Å². The van der Waals surface area contributed by atoms with Crippen molar-refractivity contribution in [1.29, 1.82) is 0 Å². The van der Waals surface area contributed by atoms with Crippen molar-refractivity contribution in [3.8, 4) is 5.75 Å². The van der Waals surface area contributed by atoms with E-state index in [9.17, 15) is 27.2 Å². The molecule has 10 heteroatoms. The second kappa shape index (κ2) is 8.51. The maximum Gasteiger partial charge on any atom is 0.416 e. The van der Waals surface area contributed by atoms with Gasteiger partial charge in [-0.2, -0.15) is 13.2 Å². The third-order valence-electron chi connectivity index (χ3n) is 4.78. The third-order valence-corrected chi connectivity index (χ3v) is 5.08. The Morgan fingerprint density at radius 2 is 1.87 bits per heavy atom. The zero-order valence-corrected chi connectivity index (χ0v) is 16.1. The van der Waals surface area contributed by atoms with Crippen LogP contribution >= 0.6 is 11.6 Å². The average molecular weight is 446 g/mol. The second-order valence-electron chi connectivity index (χ2n) is 6.75. The summed E-state index contributed by atoms with van der Waals surface area (Å²) in [6.45, 7) is 0.367. The lowest BCUT2D eigenvalue weighted by molar-refractivity contribution is -0.137. The van der Waals surface area contributed by atoms with Gasteiger partial charge in [-0.05, 0) is 43.2 Å². The van der Waals surface area contributed by atoms with E-state index in [1.807, 2.05) is 0 Å². The number of hydrogen-bond acceptors (Lipinski definition) is 3. The average Bonchev–Trinajstić information content (AvgIpc) is 3.15. The highest BCUT2D eigenvalue weighted by molar-refractivity contribution is 6.32. The summed E-state index contributed by atoms with van der Waals surface area (Å²) in [6, 6.07) is 5.36. The first-order valence-corrected chi connectivity index (χ1v) is 9.29. The van der Waals surface area contributed by atoms with Gasteiger partial charge in [-0.3, -0.25) is 4.79 Å².